The Morgan fingerprint density at radius 2 is 1.87 bits per heavy atom. The van der Waals surface area contributed by atoms with E-state index in [2.05, 4.69) is 16.0 Å². The Kier molecular flexibility index (Phi) is 5.16. The van der Waals surface area contributed by atoms with E-state index in [4.69, 9.17) is 0 Å². The first kappa shape index (κ1) is 15.8. The number of benzene rings is 1. The minimum absolute atomic E-state index is 0.0474. The van der Waals surface area contributed by atoms with Crippen molar-refractivity contribution in [1.82, 2.24) is 5.32 Å². The van der Waals surface area contributed by atoms with Crippen LogP contribution in [0.15, 0.2) is 24.3 Å². The van der Waals surface area contributed by atoms with Crippen molar-refractivity contribution < 1.29 is 9.59 Å². The number of carbonyl (C=O) groups is 2. The van der Waals surface area contributed by atoms with Crippen molar-refractivity contribution in [3.05, 3.63) is 24.3 Å². The molecule has 124 valence electrons. The Morgan fingerprint density at radius 1 is 1.13 bits per heavy atom. The molecule has 1 aromatic carbocycles. The number of hydrogen-bond donors (Lipinski definition) is 3. The molecule has 23 heavy (non-hydrogen) atoms. The Hall–Kier alpha value is -2.04. The van der Waals surface area contributed by atoms with Gasteiger partial charge in [0.05, 0.1) is 17.3 Å². The van der Waals surface area contributed by atoms with E-state index in [-0.39, 0.29) is 24.2 Å². The Balaban J connectivity index is 1.58. The van der Waals surface area contributed by atoms with Crippen LogP contribution in [0.5, 0.6) is 0 Å². The summed E-state index contributed by atoms with van der Waals surface area (Å²) < 4.78 is 0. The van der Waals surface area contributed by atoms with Crippen LogP contribution in [0.25, 0.3) is 0 Å². The zero-order chi connectivity index (χ0) is 16.1. The van der Waals surface area contributed by atoms with Gasteiger partial charge >= 0.3 is 0 Å². The summed E-state index contributed by atoms with van der Waals surface area (Å²) in [7, 11) is 0. The molecule has 3 rings (SSSR count). The van der Waals surface area contributed by atoms with E-state index in [0.717, 1.165) is 23.8 Å². The highest BCUT2D eigenvalue weighted by molar-refractivity contribution is 5.99. The van der Waals surface area contributed by atoms with E-state index in [0.29, 0.717) is 6.54 Å². The maximum atomic E-state index is 12.3. The van der Waals surface area contributed by atoms with Gasteiger partial charge in [-0.15, -0.1) is 0 Å². The molecule has 2 fully saturated rings. The lowest BCUT2D eigenvalue weighted by Crippen LogP contribution is -2.25. The molecule has 5 heteroatoms. The normalized spacial score (nSPS) is 21.7. The van der Waals surface area contributed by atoms with Gasteiger partial charge < -0.3 is 16.0 Å². The minimum Gasteiger partial charge on any atom is -0.383 e. The molecule has 1 aliphatic heterocycles. The molecule has 0 bridgehead atoms. The van der Waals surface area contributed by atoms with E-state index in [1.807, 2.05) is 24.3 Å². The highest BCUT2D eigenvalue weighted by Crippen LogP contribution is 2.27. The average molecular weight is 315 g/mol. The van der Waals surface area contributed by atoms with Gasteiger partial charge in [-0.2, -0.15) is 0 Å². The lowest BCUT2D eigenvalue weighted by molar-refractivity contribution is -0.123. The Labute approximate surface area is 137 Å². The van der Waals surface area contributed by atoms with E-state index in [9.17, 15) is 9.59 Å². The number of hydrogen-bond acceptors (Lipinski definition) is 3. The number of rotatable bonds is 5. The molecule has 3 N–H and O–H groups in total. The molecule has 1 saturated carbocycles. The molecular formula is C18H25N3O2. The van der Waals surface area contributed by atoms with Gasteiger partial charge in [0.2, 0.25) is 11.8 Å². The maximum Gasteiger partial charge on any atom is 0.229 e. The van der Waals surface area contributed by atoms with Crippen LogP contribution in [0.4, 0.5) is 11.4 Å². The van der Waals surface area contributed by atoms with Gasteiger partial charge in [0.15, 0.2) is 0 Å². The summed E-state index contributed by atoms with van der Waals surface area (Å²) in [4.78, 5) is 23.5. The average Bonchev–Trinajstić information content (AvgIpc) is 3.02. The smallest absolute Gasteiger partial charge is 0.229 e. The summed E-state index contributed by atoms with van der Waals surface area (Å²) in [6.07, 6.45) is 6.87. The second-order valence-corrected chi connectivity index (χ2v) is 6.62. The van der Waals surface area contributed by atoms with E-state index in [1.54, 1.807) is 0 Å². The summed E-state index contributed by atoms with van der Waals surface area (Å²) in [6.45, 7) is 1.39. The third kappa shape index (κ3) is 4.24. The van der Waals surface area contributed by atoms with E-state index >= 15 is 0 Å². The molecule has 1 aliphatic carbocycles. The van der Waals surface area contributed by atoms with Gasteiger partial charge in [-0.25, -0.2) is 0 Å². The van der Waals surface area contributed by atoms with Crippen molar-refractivity contribution in [3.63, 3.8) is 0 Å². The Morgan fingerprint density at radius 3 is 2.57 bits per heavy atom. The van der Waals surface area contributed by atoms with Gasteiger partial charge in [0.1, 0.15) is 0 Å². The van der Waals surface area contributed by atoms with Crippen molar-refractivity contribution in [1.29, 1.82) is 0 Å². The van der Waals surface area contributed by atoms with Crippen LogP contribution in [0.1, 0.15) is 38.5 Å². The first-order valence-corrected chi connectivity index (χ1v) is 8.63. The van der Waals surface area contributed by atoms with Crippen molar-refractivity contribution in [2.75, 3.05) is 23.7 Å². The molecule has 1 unspecified atom stereocenters. The molecule has 1 aromatic rings. The number of anilines is 2. The molecule has 5 nitrogen and oxygen atoms in total. The molecule has 0 aromatic heterocycles. The fraction of sp³-hybridized carbons (Fsp3) is 0.556. The van der Waals surface area contributed by atoms with Crippen LogP contribution in [-0.4, -0.2) is 24.9 Å². The molecule has 0 spiro atoms. The molecule has 1 atom stereocenters. The third-order valence-corrected chi connectivity index (χ3v) is 4.84. The van der Waals surface area contributed by atoms with Crippen molar-refractivity contribution in [2.24, 2.45) is 11.8 Å². The monoisotopic (exact) mass is 315 g/mol. The van der Waals surface area contributed by atoms with Gasteiger partial charge in [0.25, 0.3) is 0 Å². The largest absolute Gasteiger partial charge is 0.383 e. The quantitative estimate of drug-likeness (QED) is 0.782. The highest BCUT2D eigenvalue weighted by atomic mass is 16.2. The predicted molar refractivity (Wildman–Crippen MR) is 91.3 cm³/mol. The van der Waals surface area contributed by atoms with Crippen LogP contribution < -0.4 is 16.0 Å². The van der Waals surface area contributed by atoms with E-state index < -0.39 is 0 Å². The van der Waals surface area contributed by atoms with Crippen molar-refractivity contribution >= 4 is 23.2 Å². The van der Waals surface area contributed by atoms with Crippen molar-refractivity contribution in [2.45, 2.75) is 38.5 Å². The summed E-state index contributed by atoms with van der Waals surface area (Å²) in [5, 5.41) is 9.16. The molecule has 2 aliphatic rings. The lowest BCUT2D eigenvalue weighted by atomic mass is 9.89. The lowest BCUT2D eigenvalue weighted by Gasteiger charge is -2.23. The third-order valence-electron chi connectivity index (χ3n) is 4.84. The van der Waals surface area contributed by atoms with Crippen LogP contribution in [-0.2, 0) is 9.59 Å². The second-order valence-electron chi connectivity index (χ2n) is 6.62. The fourth-order valence-corrected chi connectivity index (χ4v) is 3.42. The van der Waals surface area contributed by atoms with Crippen LogP contribution in [0, 0.1) is 11.8 Å². The van der Waals surface area contributed by atoms with Crippen LogP contribution >= 0.6 is 0 Å². The fourth-order valence-electron chi connectivity index (χ4n) is 3.42. The molecule has 1 saturated heterocycles. The molecule has 1 heterocycles. The number of carbonyl (C=O) groups excluding carboxylic acids is 2. The first-order chi connectivity index (χ1) is 11.2. The van der Waals surface area contributed by atoms with Gasteiger partial charge in [-0.1, -0.05) is 31.4 Å². The van der Waals surface area contributed by atoms with Crippen LogP contribution in [0.3, 0.4) is 0 Å². The zero-order valence-electron chi connectivity index (χ0n) is 13.4. The minimum atomic E-state index is -0.270. The van der Waals surface area contributed by atoms with Crippen molar-refractivity contribution in [3.8, 4) is 0 Å². The summed E-state index contributed by atoms with van der Waals surface area (Å²) in [5.41, 5.74) is 1.76. The summed E-state index contributed by atoms with van der Waals surface area (Å²) >= 11 is 0. The second kappa shape index (κ2) is 7.49. The summed E-state index contributed by atoms with van der Waals surface area (Å²) in [6, 6.07) is 7.79. The van der Waals surface area contributed by atoms with Crippen LogP contribution in [0.2, 0.25) is 0 Å². The molecule has 2 amide bonds. The number of nitrogens with one attached hydrogen (secondary N) is 3. The Bertz CT molecular complexity index is 567. The first-order valence-electron chi connectivity index (χ1n) is 8.63. The number of para-hydroxylation sites is 2. The standard InChI is InChI=1S/C18H25N3O2/c22-17-10-14(12-20-17)18(23)21-16-9-5-4-8-15(16)19-11-13-6-2-1-3-7-13/h4-5,8-9,13-14,19H,1-3,6-7,10-12H2,(H,20,22)(H,21,23). The SMILES string of the molecule is O=C1CC(C(=O)Nc2ccccc2NCC2CCCCC2)CN1. The van der Waals surface area contributed by atoms with E-state index in [1.165, 1.54) is 32.1 Å². The highest BCUT2D eigenvalue weighted by Gasteiger charge is 2.28. The topological polar surface area (TPSA) is 70.2 Å². The predicted octanol–water partition coefficient (Wildman–Crippen LogP) is 2.75. The molecular weight excluding hydrogens is 290 g/mol. The number of amides is 2. The van der Waals surface area contributed by atoms with Gasteiger partial charge in [-0.3, -0.25) is 9.59 Å². The summed E-state index contributed by atoms with van der Waals surface area (Å²) in [5.74, 6) is 0.321. The maximum absolute atomic E-state index is 12.3. The van der Waals surface area contributed by atoms with Gasteiger partial charge in [-0.05, 0) is 30.9 Å². The zero-order valence-corrected chi connectivity index (χ0v) is 13.4. The van der Waals surface area contributed by atoms with Gasteiger partial charge in [0, 0.05) is 19.5 Å². The molecule has 0 radical (unpaired) electrons.